The fourth-order valence-corrected chi connectivity index (χ4v) is 3.91. The molecule has 2 bridgehead atoms. The first-order valence-corrected chi connectivity index (χ1v) is 6.54. The highest BCUT2D eigenvalue weighted by Crippen LogP contribution is 2.57. The van der Waals surface area contributed by atoms with Crippen molar-refractivity contribution >= 4 is 5.97 Å². The average Bonchev–Trinajstić information content (AvgIpc) is 2.87. The quantitative estimate of drug-likeness (QED) is 0.528. The number of carbonyl (C=O) groups is 1. The Hall–Kier alpha value is -0.790. The number of fused-ring (bicyclic) bond motifs is 5. The zero-order valence-corrected chi connectivity index (χ0v) is 10.1. The van der Waals surface area contributed by atoms with Gasteiger partial charge in [0.05, 0.1) is 5.92 Å². The molecule has 0 aromatic heterocycles. The van der Waals surface area contributed by atoms with E-state index in [1.165, 1.54) is 12.8 Å². The second-order valence-corrected chi connectivity index (χ2v) is 5.93. The Morgan fingerprint density at radius 3 is 2.88 bits per heavy atom. The van der Waals surface area contributed by atoms with Crippen molar-refractivity contribution < 1.29 is 9.53 Å². The molecule has 0 saturated heterocycles. The molecule has 0 spiro atoms. The van der Waals surface area contributed by atoms with Crippen molar-refractivity contribution in [3.8, 4) is 0 Å². The largest absolute Gasteiger partial charge is 0.462 e. The molecule has 16 heavy (non-hydrogen) atoms. The maximum Gasteiger partial charge on any atom is 0.308 e. The SMILES string of the molecule is CC(C)C(=O)O[C@H]1C[C@H]2C[C@@H]1[C@@H]1C=CC[C@@H]21. The van der Waals surface area contributed by atoms with Crippen LogP contribution >= 0.6 is 0 Å². The van der Waals surface area contributed by atoms with Crippen LogP contribution in [0, 0.1) is 29.6 Å². The van der Waals surface area contributed by atoms with Gasteiger partial charge in [-0.2, -0.15) is 0 Å². The molecule has 3 aliphatic carbocycles. The minimum Gasteiger partial charge on any atom is -0.462 e. The topological polar surface area (TPSA) is 26.3 Å². The van der Waals surface area contributed by atoms with Crippen LogP contribution in [0.25, 0.3) is 0 Å². The van der Waals surface area contributed by atoms with Crippen molar-refractivity contribution in [3.63, 3.8) is 0 Å². The van der Waals surface area contributed by atoms with Crippen LogP contribution in [0.15, 0.2) is 12.2 Å². The van der Waals surface area contributed by atoms with Gasteiger partial charge in [0.15, 0.2) is 0 Å². The van der Waals surface area contributed by atoms with E-state index >= 15 is 0 Å². The Bertz CT molecular complexity index is 332. The number of allylic oxidation sites excluding steroid dienone is 2. The van der Waals surface area contributed by atoms with Gasteiger partial charge in [0, 0.05) is 5.92 Å². The van der Waals surface area contributed by atoms with Crippen LogP contribution in [0.2, 0.25) is 0 Å². The van der Waals surface area contributed by atoms with Crippen LogP contribution in [-0.4, -0.2) is 12.1 Å². The Kier molecular flexibility index (Phi) is 2.34. The van der Waals surface area contributed by atoms with E-state index in [4.69, 9.17) is 4.74 Å². The van der Waals surface area contributed by atoms with E-state index in [0.717, 1.165) is 18.3 Å². The van der Waals surface area contributed by atoms with E-state index in [0.29, 0.717) is 11.8 Å². The molecular weight excluding hydrogens is 200 g/mol. The summed E-state index contributed by atoms with van der Waals surface area (Å²) < 4.78 is 5.64. The van der Waals surface area contributed by atoms with Crippen molar-refractivity contribution in [1.82, 2.24) is 0 Å². The molecule has 88 valence electrons. The predicted molar refractivity (Wildman–Crippen MR) is 61.7 cm³/mol. The van der Waals surface area contributed by atoms with E-state index in [9.17, 15) is 4.79 Å². The summed E-state index contributed by atoms with van der Waals surface area (Å²) in [6.45, 7) is 3.82. The second kappa shape index (κ2) is 3.61. The van der Waals surface area contributed by atoms with Gasteiger partial charge in [0.25, 0.3) is 0 Å². The summed E-state index contributed by atoms with van der Waals surface area (Å²) in [5, 5.41) is 0. The lowest BCUT2D eigenvalue weighted by atomic mass is 9.80. The molecule has 0 heterocycles. The number of hydrogen-bond donors (Lipinski definition) is 0. The van der Waals surface area contributed by atoms with Gasteiger partial charge in [-0.1, -0.05) is 26.0 Å². The zero-order chi connectivity index (χ0) is 11.3. The first-order valence-electron chi connectivity index (χ1n) is 6.54. The maximum absolute atomic E-state index is 11.6. The molecule has 2 fully saturated rings. The van der Waals surface area contributed by atoms with Crippen molar-refractivity contribution in [2.45, 2.75) is 39.2 Å². The van der Waals surface area contributed by atoms with Crippen LogP contribution in [-0.2, 0) is 9.53 Å². The highest BCUT2D eigenvalue weighted by atomic mass is 16.5. The summed E-state index contributed by atoms with van der Waals surface area (Å²) in [5.41, 5.74) is 0. The van der Waals surface area contributed by atoms with E-state index < -0.39 is 0 Å². The number of rotatable bonds is 2. The maximum atomic E-state index is 11.6. The molecule has 0 aliphatic heterocycles. The van der Waals surface area contributed by atoms with E-state index in [1.807, 2.05) is 13.8 Å². The summed E-state index contributed by atoms with van der Waals surface area (Å²) in [6.07, 6.45) is 8.56. The van der Waals surface area contributed by atoms with E-state index in [1.54, 1.807) is 0 Å². The van der Waals surface area contributed by atoms with Crippen molar-refractivity contribution in [2.75, 3.05) is 0 Å². The van der Waals surface area contributed by atoms with Gasteiger partial charge in [-0.15, -0.1) is 0 Å². The molecule has 0 N–H and O–H groups in total. The molecule has 0 radical (unpaired) electrons. The standard InChI is InChI=1S/C14H20O2/c1-8(2)14(15)16-13-7-9-6-12(13)11-5-3-4-10(9)11/h3,5,8-13H,4,6-7H2,1-2H3/t9-,10+,11-,12-,13+/m1/s1. The first-order chi connectivity index (χ1) is 7.66. The van der Waals surface area contributed by atoms with Gasteiger partial charge in [-0.25, -0.2) is 0 Å². The Morgan fingerprint density at radius 2 is 2.12 bits per heavy atom. The van der Waals surface area contributed by atoms with Gasteiger partial charge >= 0.3 is 5.97 Å². The molecule has 0 aromatic rings. The molecule has 5 atom stereocenters. The lowest BCUT2D eigenvalue weighted by Crippen LogP contribution is -2.33. The van der Waals surface area contributed by atoms with Crippen LogP contribution in [0.5, 0.6) is 0 Å². The number of carbonyl (C=O) groups excluding carboxylic acids is 1. The van der Waals surface area contributed by atoms with Gasteiger partial charge in [0.2, 0.25) is 0 Å². The van der Waals surface area contributed by atoms with Gasteiger partial charge < -0.3 is 4.74 Å². The van der Waals surface area contributed by atoms with E-state index in [2.05, 4.69) is 12.2 Å². The molecule has 0 amide bonds. The number of ether oxygens (including phenoxy) is 1. The monoisotopic (exact) mass is 220 g/mol. The van der Waals surface area contributed by atoms with Crippen molar-refractivity contribution in [2.24, 2.45) is 29.6 Å². The molecule has 2 nitrogen and oxygen atoms in total. The fraction of sp³-hybridized carbons (Fsp3) is 0.786. The van der Waals surface area contributed by atoms with Crippen LogP contribution in [0.3, 0.4) is 0 Å². The second-order valence-electron chi connectivity index (χ2n) is 5.93. The minimum atomic E-state index is -0.0175. The normalized spacial score (nSPS) is 44.1. The highest BCUT2D eigenvalue weighted by Gasteiger charge is 2.53. The molecular formula is C14H20O2. The minimum absolute atomic E-state index is 0.00837. The third kappa shape index (κ3) is 1.42. The Morgan fingerprint density at radius 1 is 1.31 bits per heavy atom. The molecule has 0 unspecified atom stereocenters. The van der Waals surface area contributed by atoms with Gasteiger partial charge in [-0.05, 0) is 37.0 Å². The molecule has 3 rings (SSSR count). The summed E-state index contributed by atoms with van der Waals surface area (Å²) in [6, 6.07) is 0. The molecule has 2 heteroatoms. The lowest BCUT2D eigenvalue weighted by molar-refractivity contribution is -0.156. The zero-order valence-electron chi connectivity index (χ0n) is 10.1. The number of esters is 1. The Labute approximate surface area is 97.1 Å². The molecule has 0 aromatic carbocycles. The van der Waals surface area contributed by atoms with Crippen molar-refractivity contribution in [3.05, 3.63) is 12.2 Å². The Balaban J connectivity index is 1.68. The lowest BCUT2D eigenvalue weighted by Gasteiger charge is -2.31. The van der Waals surface area contributed by atoms with Crippen LogP contribution in [0.4, 0.5) is 0 Å². The molecule has 3 aliphatic rings. The van der Waals surface area contributed by atoms with Gasteiger partial charge in [0.1, 0.15) is 6.10 Å². The summed E-state index contributed by atoms with van der Waals surface area (Å²) in [4.78, 5) is 11.6. The number of hydrogen-bond acceptors (Lipinski definition) is 2. The fourth-order valence-electron chi connectivity index (χ4n) is 3.91. The summed E-state index contributed by atoms with van der Waals surface area (Å²) in [5.74, 6) is 3.01. The van der Waals surface area contributed by atoms with Crippen LogP contribution < -0.4 is 0 Å². The third-order valence-electron chi connectivity index (χ3n) is 4.69. The average molecular weight is 220 g/mol. The van der Waals surface area contributed by atoms with Crippen LogP contribution in [0.1, 0.15) is 33.1 Å². The van der Waals surface area contributed by atoms with E-state index in [-0.39, 0.29) is 18.0 Å². The van der Waals surface area contributed by atoms with Gasteiger partial charge in [-0.3, -0.25) is 4.79 Å². The first kappa shape index (κ1) is 10.4. The van der Waals surface area contributed by atoms with Crippen molar-refractivity contribution in [1.29, 1.82) is 0 Å². The summed E-state index contributed by atoms with van der Waals surface area (Å²) >= 11 is 0. The summed E-state index contributed by atoms with van der Waals surface area (Å²) in [7, 11) is 0. The smallest absolute Gasteiger partial charge is 0.308 e. The third-order valence-corrected chi connectivity index (χ3v) is 4.69. The molecule has 2 saturated carbocycles. The predicted octanol–water partition coefficient (Wildman–Crippen LogP) is 2.79. The highest BCUT2D eigenvalue weighted by molar-refractivity contribution is 5.71.